The third-order valence-electron chi connectivity index (χ3n) is 1.84. The van der Waals surface area contributed by atoms with E-state index in [1.165, 1.54) is 0 Å². The Balaban J connectivity index is 2.18. The fraction of sp³-hybridized carbons (Fsp3) is 0.500. The van der Waals surface area contributed by atoms with E-state index in [0.717, 1.165) is 13.0 Å². The molecular formula is C8H9O. The Labute approximate surface area is 55.0 Å². The summed E-state index contributed by atoms with van der Waals surface area (Å²) in [5.74, 6) is 0.551. The van der Waals surface area contributed by atoms with Gasteiger partial charge in [0, 0.05) is 12.5 Å². The van der Waals surface area contributed by atoms with Gasteiger partial charge in [-0.3, -0.25) is 0 Å². The van der Waals surface area contributed by atoms with Gasteiger partial charge in [0.1, 0.15) is 0 Å². The molecule has 1 heterocycles. The van der Waals surface area contributed by atoms with Gasteiger partial charge in [0.15, 0.2) is 0 Å². The molecule has 2 rings (SSSR count). The molecule has 0 aromatic heterocycles. The first-order valence-corrected chi connectivity index (χ1v) is 3.34. The van der Waals surface area contributed by atoms with Crippen molar-refractivity contribution >= 4 is 0 Å². The van der Waals surface area contributed by atoms with Crippen molar-refractivity contribution in [2.24, 2.45) is 5.92 Å². The van der Waals surface area contributed by atoms with Crippen molar-refractivity contribution in [1.82, 2.24) is 0 Å². The number of hydrogen-bond donors (Lipinski definition) is 0. The van der Waals surface area contributed by atoms with Crippen LogP contribution in [0.4, 0.5) is 0 Å². The highest BCUT2D eigenvalue weighted by atomic mass is 16.5. The molecular weight excluding hydrogens is 112 g/mol. The van der Waals surface area contributed by atoms with Crippen LogP contribution in [-0.4, -0.2) is 12.7 Å². The van der Waals surface area contributed by atoms with Gasteiger partial charge < -0.3 is 4.74 Å². The van der Waals surface area contributed by atoms with Crippen LogP contribution in [0.1, 0.15) is 6.42 Å². The molecule has 2 aliphatic rings. The number of rotatable bonds is 0. The van der Waals surface area contributed by atoms with Gasteiger partial charge in [-0.05, 0) is 12.5 Å². The van der Waals surface area contributed by atoms with Crippen LogP contribution in [0.15, 0.2) is 18.2 Å². The molecule has 1 saturated heterocycles. The van der Waals surface area contributed by atoms with E-state index < -0.39 is 0 Å². The molecule has 1 fully saturated rings. The second kappa shape index (κ2) is 1.99. The van der Waals surface area contributed by atoms with Crippen molar-refractivity contribution in [3.05, 3.63) is 24.3 Å². The van der Waals surface area contributed by atoms with Crippen LogP contribution < -0.4 is 0 Å². The van der Waals surface area contributed by atoms with E-state index in [-0.39, 0.29) is 0 Å². The Kier molecular flexibility index (Phi) is 1.16. The van der Waals surface area contributed by atoms with Crippen molar-refractivity contribution in [3.8, 4) is 0 Å². The van der Waals surface area contributed by atoms with Gasteiger partial charge in [-0.15, -0.1) is 0 Å². The minimum absolute atomic E-state index is 0.343. The molecule has 0 saturated carbocycles. The van der Waals surface area contributed by atoms with Crippen LogP contribution in [0.25, 0.3) is 0 Å². The second-order valence-electron chi connectivity index (χ2n) is 2.45. The van der Waals surface area contributed by atoms with Crippen molar-refractivity contribution < 1.29 is 4.74 Å². The topological polar surface area (TPSA) is 9.23 Å². The fourth-order valence-corrected chi connectivity index (χ4v) is 1.32. The average Bonchev–Trinajstić information content (AvgIpc) is 2.33. The third kappa shape index (κ3) is 0.815. The van der Waals surface area contributed by atoms with Crippen LogP contribution in [0, 0.1) is 12.0 Å². The first-order chi connectivity index (χ1) is 4.47. The van der Waals surface area contributed by atoms with Crippen molar-refractivity contribution in [2.45, 2.75) is 12.5 Å². The lowest BCUT2D eigenvalue weighted by molar-refractivity contribution is 0.133. The SMILES string of the molecule is [C]1=CC=CC2OCCC12. The molecule has 2 atom stereocenters. The zero-order chi connectivity index (χ0) is 6.10. The molecule has 0 aromatic rings. The first-order valence-electron chi connectivity index (χ1n) is 3.34. The standard InChI is InChI=1S/C8H9O/c1-2-4-8-7(3-1)5-6-9-8/h1-2,4,7-8H,5-6H2. The zero-order valence-electron chi connectivity index (χ0n) is 5.21. The average molecular weight is 121 g/mol. The molecule has 9 heavy (non-hydrogen) atoms. The van der Waals surface area contributed by atoms with Gasteiger partial charge in [0.05, 0.1) is 6.10 Å². The molecule has 0 spiro atoms. The summed E-state index contributed by atoms with van der Waals surface area (Å²) in [7, 11) is 0. The zero-order valence-corrected chi connectivity index (χ0v) is 5.21. The van der Waals surface area contributed by atoms with Crippen molar-refractivity contribution in [2.75, 3.05) is 6.61 Å². The van der Waals surface area contributed by atoms with Gasteiger partial charge in [-0.25, -0.2) is 0 Å². The molecule has 2 unspecified atom stereocenters. The quantitative estimate of drug-likeness (QED) is 0.469. The van der Waals surface area contributed by atoms with Gasteiger partial charge in [-0.2, -0.15) is 0 Å². The molecule has 47 valence electrons. The minimum Gasteiger partial charge on any atom is -0.373 e. The van der Waals surface area contributed by atoms with Crippen LogP contribution >= 0.6 is 0 Å². The number of allylic oxidation sites excluding steroid dienone is 2. The highest BCUT2D eigenvalue weighted by molar-refractivity contribution is 5.13. The number of hydrogen-bond acceptors (Lipinski definition) is 1. The summed E-state index contributed by atoms with van der Waals surface area (Å²) in [6.07, 6.45) is 10.8. The van der Waals surface area contributed by atoms with E-state index in [2.05, 4.69) is 12.2 Å². The summed E-state index contributed by atoms with van der Waals surface area (Å²) in [5, 5.41) is 0. The summed E-state index contributed by atoms with van der Waals surface area (Å²) in [4.78, 5) is 0. The van der Waals surface area contributed by atoms with Crippen LogP contribution in [-0.2, 0) is 4.74 Å². The maximum Gasteiger partial charge on any atom is 0.0828 e. The fourth-order valence-electron chi connectivity index (χ4n) is 1.32. The minimum atomic E-state index is 0.343. The van der Waals surface area contributed by atoms with Gasteiger partial charge in [-0.1, -0.05) is 18.2 Å². The van der Waals surface area contributed by atoms with Gasteiger partial charge in [0.2, 0.25) is 0 Å². The molecule has 1 aliphatic carbocycles. The Morgan fingerprint density at radius 1 is 1.56 bits per heavy atom. The van der Waals surface area contributed by atoms with E-state index in [0.29, 0.717) is 12.0 Å². The highest BCUT2D eigenvalue weighted by Gasteiger charge is 2.24. The van der Waals surface area contributed by atoms with Crippen LogP contribution in [0.3, 0.4) is 0 Å². The molecule has 0 aromatic carbocycles. The summed E-state index contributed by atoms with van der Waals surface area (Å²) in [6.45, 7) is 0.903. The lowest BCUT2D eigenvalue weighted by atomic mass is 9.97. The second-order valence-corrected chi connectivity index (χ2v) is 2.45. The van der Waals surface area contributed by atoms with E-state index in [9.17, 15) is 0 Å². The maximum absolute atomic E-state index is 5.39. The van der Waals surface area contributed by atoms with Crippen LogP contribution in [0.5, 0.6) is 0 Å². The van der Waals surface area contributed by atoms with Gasteiger partial charge in [0.25, 0.3) is 0 Å². The Morgan fingerprint density at radius 2 is 2.56 bits per heavy atom. The number of ether oxygens (including phenoxy) is 1. The molecule has 1 aliphatic heterocycles. The largest absolute Gasteiger partial charge is 0.373 e. The summed E-state index contributed by atoms with van der Waals surface area (Å²) < 4.78 is 5.39. The summed E-state index contributed by atoms with van der Waals surface area (Å²) in [5.41, 5.74) is 0. The van der Waals surface area contributed by atoms with E-state index in [1.807, 2.05) is 12.2 Å². The van der Waals surface area contributed by atoms with Crippen molar-refractivity contribution in [1.29, 1.82) is 0 Å². The Hall–Kier alpha value is -0.560. The van der Waals surface area contributed by atoms with Crippen LogP contribution in [0.2, 0.25) is 0 Å². The third-order valence-corrected chi connectivity index (χ3v) is 1.84. The monoisotopic (exact) mass is 121 g/mol. The maximum atomic E-state index is 5.39. The normalized spacial score (nSPS) is 39.1. The molecule has 0 amide bonds. The Bertz CT molecular complexity index is 140. The Morgan fingerprint density at radius 3 is 3.44 bits per heavy atom. The molecule has 1 nitrogen and oxygen atoms in total. The lowest BCUT2D eigenvalue weighted by Crippen LogP contribution is -2.12. The smallest absolute Gasteiger partial charge is 0.0828 e. The molecule has 1 radical (unpaired) electrons. The lowest BCUT2D eigenvalue weighted by Gasteiger charge is -2.11. The highest BCUT2D eigenvalue weighted by Crippen LogP contribution is 2.24. The van der Waals surface area contributed by atoms with E-state index in [4.69, 9.17) is 4.74 Å². The van der Waals surface area contributed by atoms with E-state index in [1.54, 1.807) is 0 Å². The van der Waals surface area contributed by atoms with E-state index >= 15 is 0 Å². The molecule has 0 N–H and O–H groups in total. The summed E-state index contributed by atoms with van der Waals surface area (Å²) in [6, 6.07) is 0. The molecule has 1 heteroatoms. The molecule has 0 bridgehead atoms. The van der Waals surface area contributed by atoms with Crippen molar-refractivity contribution in [3.63, 3.8) is 0 Å². The first kappa shape index (κ1) is 5.24. The predicted molar refractivity (Wildman–Crippen MR) is 34.8 cm³/mol. The van der Waals surface area contributed by atoms with Gasteiger partial charge >= 0.3 is 0 Å². The summed E-state index contributed by atoms with van der Waals surface area (Å²) >= 11 is 0. The predicted octanol–water partition coefficient (Wildman–Crippen LogP) is 1.32. The number of fused-ring (bicyclic) bond motifs is 1.